The van der Waals surface area contributed by atoms with Crippen molar-refractivity contribution in [3.8, 4) is 24.7 Å². The standard InChI is InChI=1S/C19H30N2O4/c1-6-8-11-21(12-9-7-2)18(23)25-15-19(4,5)14-16(3)10-13-24-17(20)22/h1-2,16H,8-15H2,3-5H3,(H2,20,22). The second kappa shape index (κ2) is 12.1. The van der Waals surface area contributed by atoms with Crippen LogP contribution in [0.5, 0.6) is 0 Å². The van der Waals surface area contributed by atoms with Gasteiger partial charge in [-0.2, -0.15) is 0 Å². The maximum absolute atomic E-state index is 12.2. The number of nitrogens with two attached hydrogens (primary N) is 1. The van der Waals surface area contributed by atoms with E-state index in [4.69, 9.17) is 28.1 Å². The van der Waals surface area contributed by atoms with E-state index in [-0.39, 0.29) is 12.0 Å². The molecule has 25 heavy (non-hydrogen) atoms. The molecule has 0 aliphatic rings. The van der Waals surface area contributed by atoms with Gasteiger partial charge in [-0.05, 0) is 24.2 Å². The zero-order valence-electron chi connectivity index (χ0n) is 15.5. The Hall–Kier alpha value is -2.34. The van der Waals surface area contributed by atoms with Gasteiger partial charge in [0, 0.05) is 25.9 Å². The Bertz CT molecular complexity index is 485. The molecule has 2 N–H and O–H groups in total. The number of primary amides is 1. The van der Waals surface area contributed by atoms with E-state index in [2.05, 4.69) is 18.8 Å². The van der Waals surface area contributed by atoms with Gasteiger partial charge in [0.1, 0.15) is 0 Å². The summed E-state index contributed by atoms with van der Waals surface area (Å²) in [6.45, 7) is 7.54. The smallest absolute Gasteiger partial charge is 0.409 e. The quantitative estimate of drug-likeness (QED) is 0.581. The number of carbonyl (C=O) groups is 2. The minimum Gasteiger partial charge on any atom is -0.450 e. The van der Waals surface area contributed by atoms with Crippen LogP contribution in [0.2, 0.25) is 0 Å². The fourth-order valence-corrected chi connectivity index (χ4v) is 2.51. The van der Waals surface area contributed by atoms with Crippen LogP contribution in [-0.2, 0) is 9.47 Å². The van der Waals surface area contributed by atoms with Gasteiger partial charge in [-0.3, -0.25) is 0 Å². The maximum atomic E-state index is 12.2. The van der Waals surface area contributed by atoms with Gasteiger partial charge in [0.2, 0.25) is 0 Å². The normalized spacial score (nSPS) is 11.7. The van der Waals surface area contributed by atoms with Gasteiger partial charge in [-0.25, -0.2) is 9.59 Å². The third kappa shape index (κ3) is 11.8. The molecule has 2 amide bonds. The Morgan fingerprint density at radius 1 is 1.16 bits per heavy atom. The van der Waals surface area contributed by atoms with Crippen LogP contribution in [0.25, 0.3) is 0 Å². The highest BCUT2D eigenvalue weighted by Crippen LogP contribution is 2.27. The van der Waals surface area contributed by atoms with Crippen LogP contribution in [0.1, 0.15) is 46.5 Å². The number of amides is 2. The van der Waals surface area contributed by atoms with E-state index < -0.39 is 12.2 Å². The minimum atomic E-state index is -0.764. The van der Waals surface area contributed by atoms with Crippen LogP contribution < -0.4 is 5.73 Å². The van der Waals surface area contributed by atoms with E-state index >= 15 is 0 Å². The Morgan fingerprint density at radius 2 is 1.72 bits per heavy atom. The minimum absolute atomic E-state index is 0.203. The molecule has 0 spiro atoms. The SMILES string of the molecule is C#CCCN(CCC#C)C(=O)OCC(C)(C)CC(C)CCOC(N)=O. The van der Waals surface area contributed by atoms with Crippen molar-refractivity contribution in [2.24, 2.45) is 17.1 Å². The van der Waals surface area contributed by atoms with Gasteiger partial charge >= 0.3 is 12.2 Å². The summed E-state index contributed by atoms with van der Waals surface area (Å²) in [4.78, 5) is 24.3. The monoisotopic (exact) mass is 350 g/mol. The molecule has 1 atom stereocenters. The molecule has 0 radical (unpaired) electrons. The first-order valence-electron chi connectivity index (χ1n) is 8.42. The number of nitrogens with zero attached hydrogens (tertiary/aromatic N) is 1. The number of rotatable bonds is 11. The van der Waals surface area contributed by atoms with Gasteiger partial charge in [0.05, 0.1) is 13.2 Å². The summed E-state index contributed by atoms with van der Waals surface area (Å²) in [6.07, 6.45) is 11.8. The van der Waals surface area contributed by atoms with E-state index in [1.165, 1.54) is 0 Å². The topological polar surface area (TPSA) is 81.9 Å². The number of terminal acetylenes is 2. The van der Waals surface area contributed by atoms with Crippen molar-refractivity contribution in [3.05, 3.63) is 0 Å². The lowest BCUT2D eigenvalue weighted by molar-refractivity contribution is 0.0571. The van der Waals surface area contributed by atoms with E-state index in [0.717, 1.165) is 6.42 Å². The fraction of sp³-hybridized carbons (Fsp3) is 0.684. The average Bonchev–Trinajstić information content (AvgIpc) is 2.52. The average molecular weight is 350 g/mol. The fourth-order valence-electron chi connectivity index (χ4n) is 2.51. The zero-order valence-corrected chi connectivity index (χ0v) is 15.5. The molecule has 0 aliphatic carbocycles. The molecular formula is C19H30N2O4. The van der Waals surface area contributed by atoms with E-state index in [0.29, 0.717) is 44.9 Å². The van der Waals surface area contributed by atoms with Gasteiger partial charge in [0.25, 0.3) is 0 Å². The van der Waals surface area contributed by atoms with Crippen molar-refractivity contribution in [1.82, 2.24) is 4.90 Å². The summed E-state index contributed by atoms with van der Waals surface area (Å²) in [6, 6.07) is 0. The van der Waals surface area contributed by atoms with Crippen molar-refractivity contribution < 1.29 is 19.1 Å². The Labute approximate surface area is 151 Å². The van der Waals surface area contributed by atoms with Crippen LogP contribution in [0, 0.1) is 36.0 Å². The van der Waals surface area contributed by atoms with E-state index in [1.54, 1.807) is 4.90 Å². The molecule has 0 bridgehead atoms. The Kier molecular flexibility index (Phi) is 11.0. The molecule has 0 aliphatic heterocycles. The molecule has 0 aromatic carbocycles. The van der Waals surface area contributed by atoms with Crippen LogP contribution in [0.4, 0.5) is 9.59 Å². The summed E-state index contributed by atoms with van der Waals surface area (Å²) in [5.74, 6) is 5.32. The number of hydrogen-bond acceptors (Lipinski definition) is 4. The molecule has 0 aromatic heterocycles. The van der Waals surface area contributed by atoms with Crippen LogP contribution >= 0.6 is 0 Å². The van der Waals surface area contributed by atoms with E-state index in [9.17, 15) is 9.59 Å². The molecular weight excluding hydrogens is 320 g/mol. The first kappa shape index (κ1) is 22.7. The highest BCUT2D eigenvalue weighted by atomic mass is 16.6. The number of carbonyl (C=O) groups excluding carboxylic acids is 2. The number of ether oxygens (including phenoxy) is 2. The molecule has 0 rings (SSSR count). The molecule has 6 nitrogen and oxygen atoms in total. The van der Waals surface area contributed by atoms with Crippen molar-refractivity contribution in [2.45, 2.75) is 46.5 Å². The van der Waals surface area contributed by atoms with E-state index in [1.807, 2.05) is 13.8 Å². The van der Waals surface area contributed by atoms with Gasteiger partial charge in [-0.1, -0.05) is 20.8 Å². The molecule has 0 saturated carbocycles. The molecule has 0 heterocycles. The Balaban J connectivity index is 4.38. The molecule has 6 heteroatoms. The second-order valence-electron chi connectivity index (χ2n) is 6.88. The molecule has 0 saturated heterocycles. The van der Waals surface area contributed by atoms with Crippen molar-refractivity contribution in [1.29, 1.82) is 0 Å². The van der Waals surface area contributed by atoms with Crippen LogP contribution in [-0.4, -0.2) is 43.4 Å². The molecule has 1 unspecified atom stereocenters. The van der Waals surface area contributed by atoms with Crippen molar-refractivity contribution in [3.63, 3.8) is 0 Å². The third-order valence-corrected chi connectivity index (χ3v) is 3.65. The Morgan fingerprint density at radius 3 is 2.20 bits per heavy atom. The largest absolute Gasteiger partial charge is 0.450 e. The van der Waals surface area contributed by atoms with Gasteiger partial charge in [-0.15, -0.1) is 24.7 Å². The van der Waals surface area contributed by atoms with Crippen LogP contribution in [0.15, 0.2) is 0 Å². The maximum Gasteiger partial charge on any atom is 0.409 e. The highest BCUT2D eigenvalue weighted by molar-refractivity contribution is 5.67. The third-order valence-electron chi connectivity index (χ3n) is 3.65. The first-order valence-corrected chi connectivity index (χ1v) is 8.42. The lowest BCUT2D eigenvalue weighted by Crippen LogP contribution is -2.35. The van der Waals surface area contributed by atoms with Gasteiger partial charge < -0.3 is 20.1 Å². The zero-order chi connectivity index (χ0) is 19.3. The van der Waals surface area contributed by atoms with Crippen molar-refractivity contribution in [2.75, 3.05) is 26.3 Å². The predicted molar refractivity (Wildman–Crippen MR) is 97.5 cm³/mol. The second-order valence-corrected chi connectivity index (χ2v) is 6.88. The molecule has 140 valence electrons. The van der Waals surface area contributed by atoms with Crippen LogP contribution in [0.3, 0.4) is 0 Å². The summed E-state index contributed by atoms with van der Waals surface area (Å²) < 4.78 is 10.2. The highest BCUT2D eigenvalue weighted by Gasteiger charge is 2.25. The lowest BCUT2D eigenvalue weighted by atomic mass is 9.83. The molecule has 0 fully saturated rings. The predicted octanol–water partition coefficient (Wildman–Crippen LogP) is 3.01. The summed E-state index contributed by atoms with van der Waals surface area (Å²) in [7, 11) is 0. The van der Waals surface area contributed by atoms with Crippen molar-refractivity contribution >= 4 is 12.2 Å². The number of hydrogen-bond donors (Lipinski definition) is 1. The summed E-state index contributed by atoms with van der Waals surface area (Å²) >= 11 is 0. The molecule has 0 aromatic rings. The first-order chi connectivity index (χ1) is 11.7. The lowest BCUT2D eigenvalue weighted by Gasteiger charge is -2.29. The van der Waals surface area contributed by atoms with Gasteiger partial charge in [0.15, 0.2) is 0 Å². The summed E-state index contributed by atoms with van der Waals surface area (Å²) in [5.41, 5.74) is 4.73. The summed E-state index contributed by atoms with van der Waals surface area (Å²) in [5, 5.41) is 0.